The van der Waals surface area contributed by atoms with Gasteiger partial charge in [-0.2, -0.15) is 0 Å². The van der Waals surface area contributed by atoms with Gasteiger partial charge in [0.25, 0.3) is 5.91 Å². The average Bonchev–Trinajstić information content (AvgIpc) is 2.71. The van der Waals surface area contributed by atoms with Crippen LogP contribution in [-0.2, 0) is 4.74 Å². The number of halogens is 1. The number of nitrogens with one attached hydrogen (secondary N) is 1. The molecule has 0 aromatic carbocycles. The lowest BCUT2D eigenvalue weighted by atomic mass is 10.2. The smallest absolute Gasteiger partial charge is 0.268 e. The standard InChI is InChI=1S/C13H21BrN2O2/c1-5-11(8-18-4)15-13(17)12-6-10(14)7-16(12)9(2)3/h6-7,9,11H,5,8H2,1-4H3,(H,15,17). The lowest BCUT2D eigenvalue weighted by molar-refractivity contribution is 0.0884. The number of hydrogen-bond donors (Lipinski definition) is 1. The van der Waals surface area contributed by atoms with Crippen LogP contribution in [0.25, 0.3) is 0 Å². The number of carbonyl (C=O) groups is 1. The van der Waals surface area contributed by atoms with Crippen LogP contribution in [-0.4, -0.2) is 30.2 Å². The normalized spacial score (nSPS) is 12.8. The number of amides is 1. The van der Waals surface area contributed by atoms with Gasteiger partial charge in [0.1, 0.15) is 5.69 Å². The number of hydrogen-bond acceptors (Lipinski definition) is 2. The van der Waals surface area contributed by atoms with Gasteiger partial charge in [0, 0.05) is 23.8 Å². The van der Waals surface area contributed by atoms with Crippen molar-refractivity contribution >= 4 is 21.8 Å². The third-order valence-corrected chi connectivity index (χ3v) is 3.23. The molecule has 1 aromatic heterocycles. The van der Waals surface area contributed by atoms with Crippen molar-refractivity contribution in [3.63, 3.8) is 0 Å². The Morgan fingerprint density at radius 3 is 2.72 bits per heavy atom. The van der Waals surface area contributed by atoms with Crippen molar-refractivity contribution in [2.75, 3.05) is 13.7 Å². The molecule has 0 aliphatic carbocycles. The molecule has 1 rings (SSSR count). The fourth-order valence-corrected chi connectivity index (χ4v) is 2.21. The zero-order chi connectivity index (χ0) is 13.7. The molecule has 0 bridgehead atoms. The van der Waals surface area contributed by atoms with Crippen LogP contribution < -0.4 is 5.32 Å². The molecule has 1 unspecified atom stereocenters. The first-order valence-corrected chi connectivity index (χ1v) is 6.96. The topological polar surface area (TPSA) is 43.3 Å². The fraction of sp³-hybridized carbons (Fsp3) is 0.615. The minimum Gasteiger partial charge on any atom is -0.383 e. The van der Waals surface area contributed by atoms with Crippen molar-refractivity contribution in [1.29, 1.82) is 0 Å². The summed E-state index contributed by atoms with van der Waals surface area (Å²) in [4.78, 5) is 12.2. The zero-order valence-corrected chi connectivity index (χ0v) is 13.0. The van der Waals surface area contributed by atoms with Gasteiger partial charge in [0.2, 0.25) is 0 Å². The summed E-state index contributed by atoms with van der Waals surface area (Å²) in [6.45, 7) is 6.67. The number of rotatable bonds is 6. The molecule has 0 aliphatic rings. The van der Waals surface area contributed by atoms with E-state index in [1.165, 1.54) is 0 Å². The van der Waals surface area contributed by atoms with Crippen molar-refractivity contribution in [2.24, 2.45) is 0 Å². The number of aromatic nitrogens is 1. The molecule has 1 atom stereocenters. The molecule has 0 saturated carbocycles. The van der Waals surface area contributed by atoms with E-state index in [2.05, 4.69) is 35.1 Å². The van der Waals surface area contributed by atoms with Crippen LogP contribution in [0.1, 0.15) is 43.7 Å². The molecule has 0 aliphatic heterocycles. The number of ether oxygens (including phenoxy) is 1. The Labute approximate surface area is 117 Å². The van der Waals surface area contributed by atoms with Gasteiger partial charge in [-0.3, -0.25) is 4.79 Å². The first-order valence-electron chi connectivity index (χ1n) is 6.16. The first-order chi connectivity index (χ1) is 8.49. The zero-order valence-electron chi connectivity index (χ0n) is 11.4. The Morgan fingerprint density at radius 1 is 1.56 bits per heavy atom. The molecule has 1 N–H and O–H groups in total. The molecule has 102 valence electrons. The molecule has 5 heteroatoms. The second kappa shape index (κ2) is 6.95. The molecule has 0 saturated heterocycles. The number of carbonyl (C=O) groups excluding carboxylic acids is 1. The highest BCUT2D eigenvalue weighted by Gasteiger charge is 2.17. The molecule has 1 aromatic rings. The molecule has 0 fully saturated rings. The Balaban J connectivity index is 2.83. The van der Waals surface area contributed by atoms with E-state index in [-0.39, 0.29) is 18.0 Å². The van der Waals surface area contributed by atoms with Gasteiger partial charge in [-0.25, -0.2) is 0 Å². The van der Waals surface area contributed by atoms with Crippen molar-refractivity contribution in [3.05, 3.63) is 22.4 Å². The van der Waals surface area contributed by atoms with E-state index in [0.717, 1.165) is 10.9 Å². The highest BCUT2D eigenvalue weighted by molar-refractivity contribution is 9.10. The van der Waals surface area contributed by atoms with Crippen LogP contribution >= 0.6 is 15.9 Å². The largest absolute Gasteiger partial charge is 0.383 e. The third-order valence-electron chi connectivity index (χ3n) is 2.80. The molecule has 0 spiro atoms. The SMILES string of the molecule is CCC(COC)NC(=O)c1cc(Br)cn1C(C)C. The summed E-state index contributed by atoms with van der Waals surface area (Å²) < 4.78 is 7.96. The van der Waals surface area contributed by atoms with Crippen molar-refractivity contribution in [3.8, 4) is 0 Å². The van der Waals surface area contributed by atoms with E-state index >= 15 is 0 Å². The van der Waals surface area contributed by atoms with Crippen molar-refractivity contribution in [1.82, 2.24) is 9.88 Å². The van der Waals surface area contributed by atoms with Gasteiger partial charge >= 0.3 is 0 Å². The Morgan fingerprint density at radius 2 is 2.22 bits per heavy atom. The van der Waals surface area contributed by atoms with Gasteiger partial charge < -0.3 is 14.6 Å². The summed E-state index contributed by atoms with van der Waals surface area (Å²) in [7, 11) is 1.64. The maximum Gasteiger partial charge on any atom is 0.268 e. The lowest BCUT2D eigenvalue weighted by Gasteiger charge is -2.18. The van der Waals surface area contributed by atoms with Crippen LogP contribution in [0.2, 0.25) is 0 Å². The first kappa shape index (κ1) is 15.2. The van der Waals surface area contributed by atoms with E-state index < -0.39 is 0 Å². The van der Waals surface area contributed by atoms with E-state index in [1.54, 1.807) is 7.11 Å². The van der Waals surface area contributed by atoms with Gasteiger partial charge in [0.05, 0.1) is 12.6 Å². The highest BCUT2D eigenvalue weighted by Crippen LogP contribution is 2.19. The predicted octanol–water partition coefficient (Wildman–Crippen LogP) is 2.99. The summed E-state index contributed by atoms with van der Waals surface area (Å²) in [5.74, 6) is -0.0571. The van der Waals surface area contributed by atoms with Gasteiger partial charge in [-0.15, -0.1) is 0 Å². The minimum atomic E-state index is -0.0571. The molecule has 4 nitrogen and oxygen atoms in total. The molecule has 1 heterocycles. The summed E-state index contributed by atoms with van der Waals surface area (Å²) >= 11 is 3.41. The van der Waals surface area contributed by atoms with Crippen LogP contribution in [0, 0.1) is 0 Å². The molecular formula is C13H21BrN2O2. The molecular weight excluding hydrogens is 296 g/mol. The minimum absolute atomic E-state index is 0.0526. The van der Waals surface area contributed by atoms with Crippen molar-refractivity contribution < 1.29 is 9.53 Å². The van der Waals surface area contributed by atoms with E-state index in [4.69, 9.17) is 4.74 Å². The second-order valence-corrected chi connectivity index (χ2v) is 5.49. The molecule has 1 amide bonds. The van der Waals surface area contributed by atoms with Gasteiger partial charge in [-0.05, 0) is 42.3 Å². The Hall–Kier alpha value is -0.810. The lowest BCUT2D eigenvalue weighted by Crippen LogP contribution is -2.38. The van der Waals surface area contributed by atoms with Gasteiger partial charge in [-0.1, -0.05) is 6.92 Å². The second-order valence-electron chi connectivity index (χ2n) is 4.58. The number of methoxy groups -OCH3 is 1. The van der Waals surface area contributed by atoms with Crippen LogP contribution in [0.4, 0.5) is 0 Å². The van der Waals surface area contributed by atoms with E-state index in [1.807, 2.05) is 23.8 Å². The predicted molar refractivity (Wildman–Crippen MR) is 75.9 cm³/mol. The van der Waals surface area contributed by atoms with E-state index in [0.29, 0.717) is 12.3 Å². The van der Waals surface area contributed by atoms with Crippen LogP contribution in [0.5, 0.6) is 0 Å². The quantitative estimate of drug-likeness (QED) is 0.876. The van der Waals surface area contributed by atoms with Gasteiger partial charge in [0.15, 0.2) is 0 Å². The maximum atomic E-state index is 12.2. The maximum absolute atomic E-state index is 12.2. The summed E-state index contributed by atoms with van der Waals surface area (Å²) in [5.41, 5.74) is 0.673. The van der Waals surface area contributed by atoms with Crippen molar-refractivity contribution in [2.45, 2.75) is 39.3 Å². The number of nitrogens with zero attached hydrogens (tertiary/aromatic N) is 1. The molecule has 0 radical (unpaired) electrons. The monoisotopic (exact) mass is 316 g/mol. The summed E-state index contributed by atoms with van der Waals surface area (Å²) in [5, 5.41) is 2.99. The van der Waals surface area contributed by atoms with E-state index in [9.17, 15) is 4.79 Å². The summed E-state index contributed by atoms with van der Waals surface area (Å²) in [6.07, 6.45) is 2.78. The third kappa shape index (κ3) is 3.85. The molecule has 18 heavy (non-hydrogen) atoms. The average molecular weight is 317 g/mol. The highest BCUT2D eigenvalue weighted by atomic mass is 79.9. The van der Waals surface area contributed by atoms with Crippen LogP contribution in [0.15, 0.2) is 16.7 Å². The Bertz CT molecular complexity index is 402. The van der Waals surface area contributed by atoms with Crippen LogP contribution in [0.3, 0.4) is 0 Å². The Kier molecular flexibility index (Phi) is 5.88. The fourth-order valence-electron chi connectivity index (χ4n) is 1.78. The summed E-state index contributed by atoms with van der Waals surface area (Å²) in [6, 6.07) is 2.14.